The molecule has 1 amide bonds. The SMILES string of the molecule is CC1CC(Oc2cc(N)ccc2C(=O)N(C)C)CC(C)O1. The summed E-state index contributed by atoms with van der Waals surface area (Å²) in [5.74, 6) is 0.471. The van der Waals surface area contributed by atoms with Gasteiger partial charge in [-0.2, -0.15) is 0 Å². The molecule has 1 fully saturated rings. The Labute approximate surface area is 126 Å². The maximum atomic E-state index is 12.2. The summed E-state index contributed by atoms with van der Waals surface area (Å²) in [6.45, 7) is 4.08. The average molecular weight is 292 g/mol. The number of nitrogen functional groups attached to an aromatic ring is 1. The van der Waals surface area contributed by atoms with Crippen molar-refractivity contribution < 1.29 is 14.3 Å². The van der Waals surface area contributed by atoms with E-state index in [1.165, 1.54) is 4.90 Å². The van der Waals surface area contributed by atoms with Gasteiger partial charge < -0.3 is 20.1 Å². The third-order valence-electron chi connectivity index (χ3n) is 3.59. The summed E-state index contributed by atoms with van der Waals surface area (Å²) in [5.41, 5.74) is 6.97. The van der Waals surface area contributed by atoms with E-state index in [1.807, 2.05) is 13.8 Å². The van der Waals surface area contributed by atoms with Gasteiger partial charge in [-0.3, -0.25) is 4.79 Å². The summed E-state index contributed by atoms with van der Waals surface area (Å²) in [6, 6.07) is 5.17. The van der Waals surface area contributed by atoms with E-state index in [9.17, 15) is 4.79 Å². The van der Waals surface area contributed by atoms with Crippen molar-refractivity contribution in [1.29, 1.82) is 0 Å². The molecule has 2 atom stereocenters. The molecule has 0 spiro atoms. The van der Waals surface area contributed by atoms with Crippen LogP contribution in [-0.2, 0) is 4.74 Å². The van der Waals surface area contributed by atoms with Gasteiger partial charge in [0.15, 0.2) is 0 Å². The monoisotopic (exact) mass is 292 g/mol. The van der Waals surface area contributed by atoms with Crippen LogP contribution in [0.2, 0.25) is 0 Å². The molecule has 5 nitrogen and oxygen atoms in total. The first-order chi connectivity index (χ1) is 9.86. The second-order valence-electron chi connectivity index (χ2n) is 5.92. The molecule has 1 saturated heterocycles. The number of nitrogens with zero attached hydrogens (tertiary/aromatic N) is 1. The lowest BCUT2D eigenvalue weighted by atomic mass is 10.0. The van der Waals surface area contributed by atoms with E-state index in [-0.39, 0.29) is 24.2 Å². The highest BCUT2D eigenvalue weighted by molar-refractivity contribution is 5.97. The normalized spacial score (nSPS) is 25.4. The van der Waals surface area contributed by atoms with Gasteiger partial charge >= 0.3 is 0 Å². The molecule has 1 aliphatic heterocycles. The van der Waals surface area contributed by atoms with Crippen LogP contribution in [0.25, 0.3) is 0 Å². The van der Waals surface area contributed by atoms with Gasteiger partial charge in [0.2, 0.25) is 0 Å². The van der Waals surface area contributed by atoms with E-state index < -0.39 is 0 Å². The molecule has 2 unspecified atom stereocenters. The predicted octanol–water partition coefficient (Wildman–Crippen LogP) is 2.31. The van der Waals surface area contributed by atoms with Gasteiger partial charge in [0, 0.05) is 38.7 Å². The van der Waals surface area contributed by atoms with Crippen LogP contribution in [0, 0.1) is 0 Å². The number of hydrogen-bond acceptors (Lipinski definition) is 4. The van der Waals surface area contributed by atoms with E-state index in [0.29, 0.717) is 17.0 Å². The van der Waals surface area contributed by atoms with Gasteiger partial charge in [0.05, 0.1) is 17.8 Å². The number of ether oxygens (including phenoxy) is 2. The topological polar surface area (TPSA) is 64.8 Å². The molecular weight excluding hydrogens is 268 g/mol. The van der Waals surface area contributed by atoms with Crippen LogP contribution in [0.1, 0.15) is 37.0 Å². The Balaban J connectivity index is 2.22. The van der Waals surface area contributed by atoms with Crippen molar-refractivity contribution in [1.82, 2.24) is 4.90 Å². The number of carbonyl (C=O) groups is 1. The summed E-state index contributed by atoms with van der Waals surface area (Å²) in [4.78, 5) is 13.8. The van der Waals surface area contributed by atoms with Gasteiger partial charge in [0.1, 0.15) is 11.9 Å². The van der Waals surface area contributed by atoms with Gasteiger partial charge in [-0.05, 0) is 26.0 Å². The fourth-order valence-electron chi connectivity index (χ4n) is 2.67. The molecule has 1 aliphatic rings. The lowest BCUT2D eigenvalue weighted by Gasteiger charge is -2.32. The minimum atomic E-state index is -0.0850. The number of anilines is 1. The second-order valence-corrected chi connectivity index (χ2v) is 5.92. The molecule has 0 aliphatic carbocycles. The van der Waals surface area contributed by atoms with Crippen LogP contribution in [0.3, 0.4) is 0 Å². The first-order valence-corrected chi connectivity index (χ1v) is 7.30. The highest BCUT2D eigenvalue weighted by Gasteiger charge is 2.27. The lowest BCUT2D eigenvalue weighted by molar-refractivity contribution is -0.0722. The smallest absolute Gasteiger partial charge is 0.257 e. The summed E-state index contributed by atoms with van der Waals surface area (Å²) in [7, 11) is 3.45. The number of nitrogens with two attached hydrogens (primary N) is 1. The quantitative estimate of drug-likeness (QED) is 0.868. The molecule has 2 N–H and O–H groups in total. The van der Waals surface area contributed by atoms with Crippen LogP contribution < -0.4 is 10.5 Å². The van der Waals surface area contributed by atoms with Crippen molar-refractivity contribution in [3.63, 3.8) is 0 Å². The fourth-order valence-corrected chi connectivity index (χ4v) is 2.67. The van der Waals surface area contributed by atoms with Gasteiger partial charge in [-0.25, -0.2) is 0 Å². The Hall–Kier alpha value is -1.75. The molecule has 2 rings (SSSR count). The molecule has 1 aromatic rings. The standard InChI is InChI=1S/C16H24N2O3/c1-10-7-13(8-11(2)20-10)21-15-9-12(17)5-6-14(15)16(19)18(3)4/h5-6,9-11,13H,7-8,17H2,1-4H3. The van der Waals surface area contributed by atoms with Gasteiger partial charge in [-0.1, -0.05) is 0 Å². The summed E-state index contributed by atoms with van der Waals surface area (Å²) < 4.78 is 11.8. The van der Waals surface area contributed by atoms with Crippen LogP contribution in [0.4, 0.5) is 5.69 Å². The van der Waals surface area contributed by atoms with Crippen molar-refractivity contribution in [3.05, 3.63) is 23.8 Å². The molecule has 0 bridgehead atoms. The number of carbonyl (C=O) groups excluding carboxylic acids is 1. The van der Waals surface area contributed by atoms with Crippen molar-refractivity contribution in [2.75, 3.05) is 19.8 Å². The first kappa shape index (κ1) is 15.6. The van der Waals surface area contributed by atoms with Crippen molar-refractivity contribution in [3.8, 4) is 5.75 Å². The largest absolute Gasteiger partial charge is 0.489 e. The minimum absolute atomic E-state index is 0.0410. The number of benzene rings is 1. The first-order valence-electron chi connectivity index (χ1n) is 7.30. The number of amides is 1. The maximum Gasteiger partial charge on any atom is 0.257 e. The molecule has 0 radical (unpaired) electrons. The third-order valence-corrected chi connectivity index (χ3v) is 3.59. The fraction of sp³-hybridized carbons (Fsp3) is 0.562. The summed E-state index contributed by atoms with van der Waals surface area (Å²) >= 11 is 0. The summed E-state index contributed by atoms with van der Waals surface area (Å²) in [6.07, 6.45) is 1.99. The second kappa shape index (κ2) is 6.35. The zero-order valence-electron chi connectivity index (χ0n) is 13.1. The lowest BCUT2D eigenvalue weighted by Crippen LogP contribution is -2.36. The van der Waals surface area contributed by atoms with Crippen LogP contribution in [-0.4, -0.2) is 43.2 Å². The average Bonchev–Trinajstić information content (AvgIpc) is 2.36. The van der Waals surface area contributed by atoms with Crippen LogP contribution >= 0.6 is 0 Å². The molecule has 1 aromatic carbocycles. The molecular formula is C16H24N2O3. The van der Waals surface area contributed by atoms with Crippen LogP contribution in [0.15, 0.2) is 18.2 Å². The molecule has 116 valence electrons. The Morgan fingerprint density at radius 2 is 1.90 bits per heavy atom. The van der Waals surface area contributed by atoms with E-state index in [2.05, 4.69) is 0 Å². The van der Waals surface area contributed by atoms with Crippen molar-refractivity contribution >= 4 is 11.6 Å². The Bertz CT molecular complexity index is 506. The Morgan fingerprint density at radius 3 is 2.48 bits per heavy atom. The highest BCUT2D eigenvalue weighted by Crippen LogP contribution is 2.28. The van der Waals surface area contributed by atoms with E-state index >= 15 is 0 Å². The van der Waals surface area contributed by atoms with Crippen LogP contribution in [0.5, 0.6) is 5.75 Å². The molecule has 21 heavy (non-hydrogen) atoms. The zero-order chi connectivity index (χ0) is 15.6. The number of rotatable bonds is 3. The zero-order valence-corrected chi connectivity index (χ0v) is 13.1. The van der Waals surface area contributed by atoms with Gasteiger partial charge in [-0.15, -0.1) is 0 Å². The highest BCUT2D eigenvalue weighted by atomic mass is 16.5. The molecule has 0 saturated carbocycles. The van der Waals surface area contributed by atoms with Crippen molar-refractivity contribution in [2.45, 2.75) is 45.0 Å². The Kier molecular flexibility index (Phi) is 4.73. The minimum Gasteiger partial charge on any atom is -0.489 e. The molecule has 5 heteroatoms. The predicted molar refractivity (Wildman–Crippen MR) is 82.5 cm³/mol. The maximum absolute atomic E-state index is 12.2. The van der Waals surface area contributed by atoms with E-state index in [0.717, 1.165) is 12.8 Å². The summed E-state index contributed by atoms with van der Waals surface area (Å²) in [5, 5.41) is 0. The number of hydrogen-bond donors (Lipinski definition) is 1. The third kappa shape index (κ3) is 3.88. The molecule has 0 aromatic heterocycles. The van der Waals surface area contributed by atoms with E-state index in [1.54, 1.807) is 32.3 Å². The molecule has 1 heterocycles. The van der Waals surface area contributed by atoms with E-state index in [4.69, 9.17) is 15.2 Å². The Morgan fingerprint density at radius 1 is 1.29 bits per heavy atom. The van der Waals surface area contributed by atoms with Crippen molar-refractivity contribution in [2.24, 2.45) is 0 Å². The van der Waals surface area contributed by atoms with Gasteiger partial charge in [0.25, 0.3) is 5.91 Å².